The predicted octanol–water partition coefficient (Wildman–Crippen LogP) is 4.20. The molecule has 9 nitrogen and oxygen atoms in total. The van der Waals surface area contributed by atoms with Gasteiger partial charge in [0.25, 0.3) is 0 Å². The summed E-state index contributed by atoms with van der Waals surface area (Å²) in [5.74, 6) is 1.76. The number of benzene rings is 1. The number of fused-ring (bicyclic) bond motifs is 1. The molecule has 2 N–H and O–H groups in total. The fourth-order valence-electron chi connectivity index (χ4n) is 5.78. The van der Waals surface area contributed by atoms with Gasteiger partial charge in [-0.2, -0.15) is 4.98 Å². The fourth-order valence-corrected chi connectivity index (χ4v) is 5.94. The number of urea groups is 1. The van der Waals surface area contributed by atoms with Crippen LogP contribution in [0, 0.1) is 0 Å². The molecule has 1 aromatic carbocycles. The lowest BCUT2D eigenvalue weighted by atomic mass is 10.1. The Kier molecular flexibility index (Phi) is 6.99. The molecule has 1 atom stereocenters. The van der Waals surface area contributed by atoms with Crippen LogP contribution in [0.15, 0.2) is 24.4 Å². The number of aromatic nitrogens is 2. The van der Waals surface area contributed by atoms with Gasteiger partial charge in [-0.1, -0.05) is 11.6 Å². The van der Waals surface area contributed by atoms with E-state index in [-0.39, 0.29) is 6.03 Å². The van der Waals surface area contributed by atoms with Gasteiger partial charge in [0, 0.05) is 63.7 Å². The lowest BCUT2D eigenvalue weighted by molar-refractivity contribution is 0.193. The largest absolute Gasteiger partial charge is 0.369 e. The van der Waals surface area contributed by atoms with Gasteiger partial charge in [-0.05, 0) is 68.8 Å². The maximum absolute atomic E-state index is 12.5. The molecule has 10 heteroatoms. The number of halogens is 1. The summed E-state index contributed by atoms with van der Waals surface area (Å²) < 4.78 is 0. The van der Waals surface area contributed by atoms with E-state index in [1.54, 1.807) is 6.20 Å². The van der Waals surface area contributed by atoms with E-state index in [4.69, 9.17) is 11.6 Å². The van der Waals surface area contributed by atoms with Gasteiger partial charge >= 0.3 is 6.03 Å². The number of anilines is 4. The number of hydrogen-bond donors (Lipinski definition) is 2. The van der Waals surface area contributed by atoms with Crippen molar-refractivity contribution in [1.82, 2.24) is 24.7 Å². The quantitative estimate of drug-likeness (QED) is 0.476. The lowest BCUT2D eigenvalue weighted by Gasteiger charge is -2.34. The van der Waals surface area contributed by atoms with Crippen LogP contribution in [-0.4, -0.2) is 96.1 Å². The van der Waals surface area contributed by atoms with Gasteiger partial charge in [0.15, 0.2) is 0 Å². The molecule has 0 bridgehead atoms. The molecule has 0 spiro atoms. The number of rotatable bonds is 9. The van der Waals surface area contributed by atoms with E-state index >= 15 is 0 Å². The van der Waals surface area contributed by atoms with Crippen LogP contribution in [0.3, 0.4) is 0 Å². The Morgan fingerprint density at radius 1 is 1.11 bits per heavy atom. The molecule has 3 saturated heterocycles. The highest BCUT2D eigenvalue weighted by Gasteiger charge is 2.39. The first kappa shape index (κ1) is 24.6. The maximum atomic E-state index is 12.5. The first-order valence-electron chi connectivity index (χ1n) is 13.7. The van der Waals surface area contributed by atoms with Gasteiger partial charge in [0.1, 0.15) is 10.8 Å². The van der Waals surface area contributed by atoms with Crippen molar-refractivity contribution in [3.8, 4) is 0 Å². The normalized spacial score (nSPS) is 22.1. The van der Waals surface area contributed by atoms with Crippen molar-refractivity contribution in [2.45, 2.75) is 44.1 Å². The predicted molar refractivity (Wildman–Crippen MR) is 148 cm³/mol. The molecule has 4 aliphatic rings. The molecule has 0 radical (unpaired) electrons. The number of carbonyl (C=O) groups excluding carboxylic acids is 1. The van der Waals surface area contributed by atoms with Crippen LogP contribution >= 0.6 is 11.6 Å². The zero-order valence-corrected chi connectivity index (χ0v) is 22.4. The maximum Gasteiger partial charge on any atom is 0.320 e. The van der Waals surface area contributed by atoms with Gasteiger partial charge in [-0.25, -0.2) is 9.78 Å². The highest BCUT2D eigenvalue weighted by Crippen LogP contribution is 2.45. The summed E-state index contributed by atoms with van der Waals surface area (Å²) in [5, 5.41) is 7.30. The fraction of sp³-hybridized carbons (Fsp3) is 0.593. The third-order valence-electron chi connectivity index (χ3n) is 8.13. The van der Waals surface area contributed by atoms with E-state index in [1.165, 1.54) is 24.1 Å². The molecule has 0 unspecified atom stereocenters. The molecule has 1 saturated carbocycles. The van der Waals surface area contributed by atoms with Crippen molar-refractivity contribution in [1.29, 1.82) is 0 Å². The molecule has 4 heterocycles. The molecule has 198 valence electrons. The molecule has 1 aliphatic carbocycles. The average Bonchev–Trinajstić information content (AvgIpc) is 3.57. The highest BCUT2D eigenvalue weighted by molar-refractivity contribution is 6.32. The Hall–Kier alpha value is -2.78. The Balaban J connectivity index is 1.07. The zero-order valence-electron chi connectivity index (χ0n) is 21.6. The second-order valence-corrected chi connectivity index (χ2v) is 11.3. The minimum Gasteiger partial charge on any atom is -0.369 e. The number of carbonyl (C=O) groups is 1. The first-order chi connectivity index (χ1) is 18.0. The SMILES string of the molecule is CN1CCN(c2ccc(Nc3ncc(Cl)c(NCCCN4C[C@@H]5CCCN5C4=O)n3)c(C3CC3)c2)CC1. The number of nitrogens with zero attached hydrogens (tertiary/aromatic N) is 6. The molecule has 37 heavy (non-hydrogen) atoms. The van der Waals surface area contributed by atoms with Crippen molar-refractivity contribution in [3.63, 3.8) is 0 Å². The van der Waals surface area contributed by atoms with Crippen LogP contribution in [0.4, 0.5) is 27.9 Å². The van der Waals surface area contributed by atoms with Crippen molar-refractivity contribution < 1.29 is 4.79 Å². The molecule has 2 aromatic rings. The summed E-state index contributed by atoms with van der Waals surface area (Å²) in [6.45, 7) is 7.53. The van der Waals surface area contributed by atoms with Crippen LogP contribution in [0.2, 0.25) is 5.02 Å². The van der Waals surface area contributed by atoms with Crippen LogP contribution in [0.25, 0.3) is 0 Å². The second-order valence-electron chi connectivity index (χ2n) is 10.8. The first-order valence-corrected chi connectivity index (χ1v) is 14.1. The van der Waals surface area contributed by atoms with Crippen LogP contribution in [0.5, 0.6) is 0 Å². The molecular weight excluding hydrogens is 488 g/mol. The van der Waals surface area contributed by atoms with Gasteiger partial charge in [-0.3, -0.25) is 0 Å². The van der Waals surface area contributed by atoms with Crippen LogP contribution < -0.4 is 15.5 Å². The Morgan fingerprint density at radius 2 is 1.95 bits per heavy atom. The van der Waals surface area contributed by atoms with E-state index in [0.717, 1.165) is 70.8 Å². The van der Waals surface area contributed by atoms with E-state index in [9.17, 15) is 4.79 Å². The summed E-state index contributed by atoms with van der Waals surface area (Å²) in [6.07, 6.45) is 7.22. The summed E-state index contributed by atoms with van der Waals surface area (Å²) in [6, 6.07) is 7.34. The molecular formula is C27H37ClN8O. The minimum absolute atomic E-state index is 0.194. The third kappa shape index (κ3) is 5.43. The van der Waals surface area contributed by atoms with Gasteiger partial charge in [0.05, 0.1) is 12.2 Å². The van der Waals surface area contributed by atoms with Crippen molar-refractivity contribution >= 4 is 40.8 Å². The topological polar surface area (TPSA) is 79.9 Å². The number of amides is 2. The number of hydrogen-bond acceptors (Lipinski definition) is 7. The molecule has 4 fully saturated rings. The molecule has 2 amide bonds. The number of piperazine rings is 1. The van der Waals surface area contributed by atoms with Crippen LogP contribution in [0.1, 0.15) is 43.6 Å². The average molecular weight is 525 g/mol. The Bertz CT molecular complexity index is 1130. The van der Waals surface area contributed by atoms with Crippen molar-refractivity contribution in [2.24, 2.45) is 0 Å². The number of nitrogens with one attached hydrogen (secondary N) is 2. The Labute approximate surface area is 224 Å². The van der Waals surface area contributed by atoms with Crippen LogP contribution in [-0.2, 0) is 0 Å². The lowest BCUT2D eigenvalue weighted by Crippen LogP contribution is -2.44. The molecule has 6 rings (SSSR count). The Morgan fingerprint density at radius 3 is 2.73 bits per heavy atom. The third-order valence-corrected chi connectivity index (χ3v) is 8.41. The minimum atomic E-state index is 0.194. The highest BCUT2D eigenvalue weighted by atomic mass is 35.5. The van der Waals surface area contributed by atoms with Crippen molar-refractivity contribution in [3.05, 3.63) is 35.0 Å². The second kappa shape index (κ2) is 10.5. The van der Waals surface area contributed by atoms with E-state index in [2.05, 4.69) is 55.6 Å². The smallest absolute Gasteiger partial charge is 0.320 e. The van der Waals surface area contributed by atoms with E-state index in [0.29, 0.717) is 35.3 Å². The molecule has 1 aromatic heterocycles. The van der Waals surface area contributed by atoms with Crippen molar-refractivity contribution in [2.75, 3.05) is 74.9 Å². The van der Waals surface area contributed by atoms with Gasteiger partial charge in [0.2, 0.25) is 5.95 Å². The summed E-state index contributed by atoms with van der Waals surface area (Å²) in [4.78, 5) is 30.5. The molecule has 3 aliphatic heterocycles. The number of likely N-dealkylation sites (N-methyl/N-ethyl adjacent to an activating group) is 1. The summed E-state index contributed by atoms with van der Waals surface area (Å²) >= 11 is 6.41. The summed E-state index contributed by atoms with van der Waals surface area (Å²) in [7, 11) is 2.19. The van der Waals surface area contributed by atoms with E-state index < -0.39 is 0 Å². The van der Waals surface area contributed by atoms with E-state index in [1.807, 2.05) is 9.80 Å². The van der Waals surface area contributed by atoms with Gasteiger partial charge in [-0.15, -0.1) is 0 Å². The summed E-state index contributed by atoms with van der Waals surface area (Å²) in [5.41, 5.74) is 3.72. The van der Waals surface area contributed by atoms with Gasteiger partial charge < -0.3 is 30.2 Å². The zero-order chi connectivity index (χ0) is 25.4. The standard InChI is InChI=1S/C27H37ClN8O/c1-33-12-14-34(15-13-33)20-7-8-24(22(16-20)19-5-6-19)31-26-30-17-23(28)25(32-26)29-9-3-10-35-18-21-4-2-11-36(21)27(35)37/h7-8,16-17,19,21H,2-6,9-15,18H2,1H3,(H2,29,30,31,32)/t21-/m0/s1. The monoisotopic (exact) mass is 524 g/mol.